The summed E-state index contributed by atoms with van der Waals surface area (Å²) in [6, 6.07) is 5.23. The van der Waals surface area contributed by atoms with Crippen molar-refractivity contribution in [2.75, 3.05) is 13.1 Å². The van der Waals surface area contributed by atoms with Gasteiger partial charge in [0.15, 0.2) is 0 Å². The summed E-state index contributed by atoms with van der Waals surface area (Å²) < 4.78 is 0. The Morgan fingerprint density at radius 1 is 1.42 bits per heavy atom. The van der Waals surface area contributed by atoms with Crippen LogP contribution in [0.4, 0.5) is 0 Å². The molecule has 0 saturated carbocycles. The molecule has 1 saturated heterocycles. The molecule has 19 heavy (non-hydrogen) atoms. The summed E-state index contributed by atoms with van der Waals surface area (Å²) >= 11 is 11.9. The fourth-order valence-corrected chi connectivity index (χ4v) is 2.49. The zero-order chi connectivity index (χ0) is 13.1. The van der Waals surface area contributed by atoms with E-state index in [4.69, 9.17) is 23.2 Å². The lowest BCUT2D eigenvalue weighted by Gasteiger charge is -2.30. The maximum absolute atomic E-state index is 12.1. The van der Waals surface area contributed by atoms with Gasteiger partial charge >= 0.3 is 0 Å². The molecule has 0 radical (unpaired) electrons. The number of piperidine rings is 1. The number of hydrogen-bond acceptors (Lipinski definition) is 2. The largest absolute Gasteiger partial charge is 0.348 e. The second-order valence-corrected chi connectivity index (χ2v) is 5.44. The monoisotopic (exact) mass is 322 g/mol. The molecule has 1 amide bonds. The molecule has 2 unspecified atom stereocenters. The van der Waals surface area contributed by atoms with Crippen molar-refractivity contribution < 1.29 is 4.79 Å². The molecule has 0 bridgehead atoms. The van der Waals surface area contributed by atoms with Gasteiger partial charge in [-0.2, -0.15) is 0 Å². The van der Waals surface area contributed by atoms with Gasteiger partial charge in [0.05, 0.1) is 15.6 Å². The van der Waals surface area contributed by atoms with E-state index in [1.54, 1.807) is 18.2 Å². The van der Waals surface area contributed by atoms with Crippen LogP contribution < -0.4 is 10.6 Å². The maximum Gasteiger partial charge on any atom is 0.253 e. The number of rotatable bonds is 2. The lowest BCUT2D eigenvalue weighted by atomic mass is 9.94. The van der Waals surface area contributed by atoms with Crippen molar-refractivity contribution in [2.45, 2.75) is 19.4 Å². The number of carbonyl (C=O) groups excluding carboxylic acids is 1. The molecule has 106 valence electrons. The first kappa shape index (κ1) is 16.6. The minimum absolute atomic E-state index is 0. The van der Waals surface area contributed by atoms with Gasteiger partial charge in [0, 0.05) is 12.6 Å². The van der Waals surface area contributed by atoms with E-state index in [0.29, 0.717) is 21.5 Å². The third-order valence-electron chi connectivity index (χ3n) is 3.34. The first-order valence-electron chi connectivity index (χ1n) is 6.05. The van der Waals surface area contributed by atoms with E-state index in [0.717, 1.165) is 19.5 Å². The molecule has 6 heteroatoms. The van der Waals surface area contributed by atoms with Crippen LogP contribution in [0.3, 0.4) is 0 Å². The Labute approximate surface area is 129 Å². The quantitative estimate of drug-likeness (QED) is 0.878. The molecule has 1 aromatic rings. The smallest absolute Gasteiger partial charge is 0.253 e. The Balaban J connectivity index is 0.00000180. The molecular weight excluding hydrogens is 307 g/mol. The number of hydrogen-bond donors (Lipinski definition) is 2. The van der Waals surface area contributed by atoms with Gasteiger partial charge in [0.25, 0.3) is 5.91 Å². The van der Waals surface area contributed by atoms with Gasteiger partial charge < -0.3 is 10.6 Å². The van der Waals surface area contributed by atoms with Gasteiger partial charge in [-0.15, -0.1) is 12.4 Å². The van der Waals surface area contributed by atoms with Crippen LogP contribution in [0.1, 0.15) is 23.7 Å². The van der Waals surface area contributed by atoms with Gasteiger partial charge in [-0.3, -0.25) is 4.79 Å². The third-order valence-corrected chi connectivity index (χ3v) is 4.16. The van der Waals surface area contributed by atoms with Crippen LogP contribution in [0.25, 0.3) is 0 Å². The predicted molar refractivity (Wildman–Crippen MR) is 81.6 cm³/mol. The third kappa shape index (κ3) is 3.99. The van der Waals surface area contributed by atoms with Crippen LogP contribution in [-0.4, -0.2) is 25.0 Å². The number of nitrogens with one attached hydrogen (secondary N) is 2. The summed E-state index contributed by atoms with van der Waals surface area (Å²) in [4.78, 5) is 12.1. The molecule has 2 atom stereocenters. The van der Waals surface area contributed by atoms with Crippen molar-refractivity contribution in [2.24, 2.45) is 5.92 Å². The van der Waals surface area contributed by atoms with E-state index in [-0.39, 0.29) is 24.4 Å². The minimum Gasteiger partial charge on any atom is -0.348 e. The maximum atomic E-state index is 12.1. The first-order chi connectivity index (χ1) is 8.59. The molecule has 1 heterocycles. The Hall–Kier alpha value is -0.480. The van der Waals surface area contributed by atoms with E-state index >= 15 is 0 Å². The van der Waals surface area contributed by atoms with Gasteiger partial charge in [0.2, 0.25) is 0 Å². The van der Waals surface area contributed by atoms with Crippen molar-refractivity contribution in [3.63, 3.8) is 0 Å². The van der Waals surface area contributed by atoms with Crippen LogP contribution in [0.5, 0.6) is 0 Å². The van der Waals surface area contributed by atoms with Crippen molar-refractivity contribution in [1.82, 2.24) is 10.6 Å². The number of benzene rings is 1. The van der Waals surface area contributed by atoms with E-state index in [1.807, 2.05) is 0 Å². The summed E-state index contributed by atoms with van der Waals surface area (Å²) in [6.07, 6.45) is 1.06. The van der Waals surface area contributed by atoms with Crippen LogP contribution in [0.2, 0.25) is 10.0 Å². The van der Waals surface area contributed by atoms with Crippen LogP contribution in [0, 0.1) is 5.92 Å². The van der Waals surface area contributed by atoms with Crippen LogP contribution in [-0.2, 0) is 0 Å². The average Bonchev–Trinajstić information content (AvgIpc) is 2.35. The lowest BCUT2D eigenvalue weighted by Crippen LogP contribution is -2.50. The number of carbonyl (C=O) groups is 1. The Kier molecular flexibility index (Phi) is 6.40. The van der Waals surface area contributed by atoms with E-state index < -0.39 is 0 Å². The van der Waals surface area contributed by atoms with Gasteiger partial charge in [-0.25, -0.2) is 0 Å². The zero-order valence-corrected chi connectivity index (χ0v) is 12.9. The predicted octanol–water partition coefficient (Wildman–Crippen LogP) is 3.14. The molecule has 0 spiro atoms. The van der Waals surface area contributed by atoms with Gasteiger partial charge in [-0.05, 0) is 31.0 Å². The fourth-order valence-electron chi connectivity index (χ4n) is 2.11. The van der Waals surface area contributed by atoms with E-state index in [9.17, 15) is 4.79 Å². The van der Waals surface area contributed by atoms with Gasteiger partial charge in [0.1, 0.15) is 0 Å². The Bertz CT molecular complexity index is 454. The molecule has 1 aliphatic rings. The lowest BCUT2D eigenvalue weighted by molar-refractivity contribution is 0.0915. The highest BCUT2D eigenvalue weighted by Gasteiger charge is 2.24. The summed E-state index contributed by atoms with van der Waals surface area (Å²) in [5.41, 5.74) is 0.432. The topological polar surface area (TPSA) is 41.1 Å². The van der Waals surface area contributed by atoms with Crippen molar-refractivity contribution in [1.29, 1.82) is 0 Å². The number of halogens is 3. The molecule has 1 aromatic carbocycles. The van der Waals surface area contributed by atoms with E-state index in [1.165, 1.54) is 0 Å². The minimum atomic E-state index is -0.164. The highest BCUT2D eigenvalue weighted by Crippen LogP contribution is 2.25. The van der Waals surface area contributed by atoms with Gasteiger partial charge in [-0.1, -0.05) is 36.2 Å². The highest BCUT2D eigenvalue weighted by molar-refractivity contribution is 6.43. The summed E-state index contributed by atoms with van der Waals surface area (Å²) in [6.45, 7) is 3.95. The van der Waals surface area contributed by atoms with Crippen molar-refractivity contribution in [3.05, 3.63) is 33.8 Å². The molecule has 1 fully saturated rings. The summed E-state index contributed by atoms with van der Waals surface area (Å²) in [5, 5.41) is 7.00. The van der Waals surface area contributed by atoms with E-state index in [2.05, 4.69) is 17.6 Å². The summed E-state index contributed by atoms with van der Waals surface area (Å²) in [7, 11) is 0. The van der Waals surface area contributed by atoms with Crippen molar-refractivity contribution in [3.8, 4) is 0 Å². The second kappa shape index (κ2) is 7.34. The molecule has 0 aromatic heterocycles. The average molecular weight is 324 g/mol. The molecule has 1 aliphatic heterocycles. The zero-order valence-electron chi connectivity index (χ0n) is 10.6. The summed E-state index contributed by atoms with van der Waals surface area (Å²) in [5.74, 6) is 0.302. The molecular formula is C13H17Cl3N2O. The van der Waals surface area contributed by atoms with Crippen molar-refractivity contribution >= 4 is 41.5 Å². The van der Waals surface area contributed by atoms with Crippen LogP contribution in [0.15, 0.2) is 18.2 Å². The SMILES string of the molecule is CC1CCNCC1NC(=O)c1cccc(Cl)c1Cl.Cl. The second-order valence-electron chi connectivity index (χ2n) is 4.65. The normalized spacial score (nSPS) is 22.5. The highest BCUT2D eigenvalue weighted by atomic mass is 35.5. The Morgan fingerprint density at radius 3 is 2.84 bits per heavy atom. The van der Waals surface area contributed by atoms with Crippen LogP contribution >= 0.6 is 35.6 Å². The molecule has 0 aliphatic carbocycles. The molecule has 2 N–H and O–H groups in total. The first-order valence-corrected chi connectivity index (χ1v) is 6.80. The molecule has 2 rings (SSSR count). The standard InChI is InChI=1S/C13H16Cl2N2O.ClH/c1-8-5-6-16-7-11(8)17-13(18)9-3-2-4-10(14)12(9)15;/h2-4,8,11,16H,5-7H2,1H3,(H,17,18);1H. The Morgan fingerprint density at radius 2 is 2.16 bits per heavy atom. The number of amides is 1. The fraction of sp³-hybridized carbons (Fsp3) is 0.462. The molecule has 3 nitrogen and oxygen atoms in total.